The van der Waals surface area contributed by atoms with Crippen molar-refractivity contribution in [2.45, 2.75) is 77.9 Å². The van der Waals surface area contributed by atoms with Crippen LogP contribution in [0.2, 0.25) is 0 Å². The van der Waals surface area contributed by atoms with Gasteiger partial charge in [0.1, 0.15) is 5.60 Å². The first-order valence-electron chi connectivity index (χ1n) is 13.0. The van der Waals surface area contributed by atoms with Gasteiger partial charge in [-0.3, -0.25) is 9.69 Å². The van der Waals surface area contributed by atoms with E-state index >= 15 is 0 Å². The first kappa shape index (κ1) is 28.3. The molecule has 2 aromatic rings. The summed E-state index contributed by atoms with van der Waals surface area (Å²) in [6.07, 6.45) is 7.07. The Morgan fingerprint density at radius 2 is 1.71 bits per heavy atom. The van der Waals surface area contributed by atoms with Gasteiger partial charge in [0, 0.05) is 23.1 Å². The van der Waals surface area contributed by atoms with Gasteiger partial charge in [-0.25, -0.2) is 0 Å². The number of nitrogens with zero attached hydrogens (tertiary/aromatic N) is 2. The summed E-state index contributed by atoms with van der Waals surface area (Å²) in [5.74, 6) is 1.30. The number of carbonyl (C=O) groups is 1. The maximum atomic E-state index is 10.0. The Hall–Kier alpha value is -1.89. The minimum absolute atomic E-state index is 0.312. The summed E-state index contributed by atoms with van der Waals surface area (Å²) in [5.41, 5.74) is 2.41. The highest BCUT2D eigenvalue weighted by Crippen LogP contribution is 2.35. The Labute approximate surface area is 206 Å². The number of piperidine rings is 2. The predicted octanol–water partition coefficient (Wildman–Crippen LogP) is 5.03. The minimum Gasteiger partial charge on any atom is -0.462 e. The zero-order valence-corrected chi connectivity index (χ0v) is 22.2. The number of carbonyl (C=O) groups excluding carboxylic acids is 1. The number of likely N-dealkylation sites (tertiary alicyclic amines) is 2. The van der Waals surface area contributed by atoms with Crippen molar-refractivity contribution in [3.8, 4) is 0 Å². The van der Waals surface area contributed by atoms with Crippen molar-refractivity contribution in [2.24, 2.45) is 5.92 Å². The topological polar surface area (TPSA) is 68.8 Å². The highest BCUT2D eigenvalue weighted by molar-refractivity contribution is 5.83. The lowest BCUT2D eigenvalue weighted by atomic mass is 9.85. The molecule has 0 aliphatic carbocycles. The SMILES string of the molecule is CC.CC(C)(C)OC=O.CN1CCC(C(CO)N2CCC(c3c[nH]c4ccccc34)CC2)CC1. The molecule has 192 valence electrons. The largest absolute Gasteiger partial charge is 0.462 e. The van der Waals surface area contributed by atoms with Crippen molar-refractivity contribution in [2.75, 3.05) is 39.8 Å². The fourth-order valence-corrected chi connectivity index (χ4v) is 5.09. The van der Waals surface area contributed by atoms with Crippen molar-refractivity contribution < 1.29 is 14.6 Å². The number of para-hydroxylation sites is 1. The lowest BCUT2D eigenvalue weighted by Crippen LogP contribution is -2.49. The molecule has 1 atom stereocenters. The number of hydrogen-bond donors (Lipinski definition) is 2. The van der Waals surface area contributed by atoms with Gasteiger partial charge in [0.2, 0.25) is 0 Å². The number of rotatable bonds is 5. The van der Waals surface area contributed by atoms with E-state index in [0.717, 1.165) is 13.1 Å². The van der Waals surface area contributed by atoms with E-state index in [2.05, 4.69) is 57.0 Å². The zero-order chi connectivity index (χ0) is 25.1. The van der Waals surface area contributed by atoms with Crippen LogP contribution in [0.4, 0.5) is 0 Å². The van der Waals surface area contributed by atoms with Crippen molar-refractivity contribution in [1.29, 1.82) is 0 Å². The van der Waals surface area contributed by atoms with Crippen molar-refractivity contribution in [1.82, 2.24) is 14.8 Å². The smallest absolute Gasteiger partial charge is 0.293 e. The number of H-pyrrole nitrogens is 1. The second-order valence-corrected chi connectivity index (χ2v) is 10.3. The second kappa shape index (κ2) is 13.9. The van der Waals surface area contributed by atoms with Crippen molar-refractivity contribution in [3.05, 3.63) is 36.0 Å². The fourth-order valence-electron chi connectivity index (χ4n) is 5.09. The van der Waals surface area contributed by atoms with Crippen molar-refractivity contribution in [3.63, 3.8) is 0 Å². The maximum Gasteiger partial charge on any atom is 0.293 e. The quantitative estimate of drug-likeness (QED) is 0.596. The monoisotopic (exact) mass is 473 g/mol. The molecule has 0 spiro atoms. The number of ether oxygens (including phenoxy) is 1. The molecular formula is C28H47N3O3. The highest BCUT2D eigenvalue weighted by atomic mass is 16.5. The molecule has 1 aromatic carbocycles. The summed E-state index contributed by atoms with van der Waals surface area (Å²) in [5, 5.41) is 11.4. The molecule has 2 N–H and O–H groups in total. The van der Waals surface area contributed by atoms with Gasteiger partial charge in [0.05, 0.1) is 6.61 Å². The molecule has 0 radical (unpaired) electrons. The summed E-state index contributed by atoms with van der Waals surface area (Å²) in [6, 6.07) is 8.99. The first-order chi connectivity index (χ1) is 16.3. The zero-order valence-electron chi connectivity index (χ0n) is 22.2. The summed E-state index contributed by atoms with van der Waals surface area (Å²) < 4.78 is 4.55. The highest BCUT2D eigenvalue weighted by Gasteiger charge is 2.32. The average molecular weight is 474 g/mol. The van der Waals surface area contributed by atoms with Crippen LogP contribution in [0.15, 0.2) is 30.5 Å². The van der Waals surface area contributed by atoms with Crippen LogP contribution in [0.3, 0.4) is 0 Å². The van der Waals surface area contributed by atoms with Crippen LogP contribution in [0.5, 0.6) is 0 Å². The molecule has 34 heavy (non-hydrogen) atoms. The van der Waals surface area contributed by atoms with Gasteiger partial charge in [-0.1, -0.05) is 32.0 Å². The third kappa shape index (κ3) is 8.10. The number of benzene rings is 1. The molecule has 4 rings (SSSR count). The molecule has 6 nitrogen and oxygen atoms in total. The Morgan fingerprint density at radius 3 is 2.24 bits per heavy atom. The number of nitrogens with one attached hydrogen (secondary N) is 1. The van der Waals surface area contributed by atoms with E-state index in [0.29, 0.717) is 31.0 Å². The van der Waals surface area contributed by atoms with Crippen LogP contribution in [0.25, 0.3) is 10.9 Å². The number of aromatic amines is 1. The van der Waals surface area contributed by atoms with E-state index in [4.69, 9.17) is 0 Å². The predicted molar refractivity (Wildman–Crippen MR) is 141 cm³/mol. The third-order valence-electron chi connectivity index (χ3n) is 6.96. The van der Waals surface area contributed by atoms with E-state index in [-0.39, 0.29) is 5.60 Å². The van der Waals surface area contributed by atoms with Crippen molar-refractivity contribution >= 4 is 17.4 Å². The van der Waals surface area contributed by atoms with Crippen LogP contribution in [-0.2, 0) is 9.53 Å². The van der Waals surface area contributed by atoms with E-state index < -0.39 is 0 Å². The first-order valence-corrected chi connectivity index (χ1v) is 13.0. The van der Waals surface area contributed by atoms with Gasteiger partial charge < -0.3 is 19.7 Å². The molecule has 1 unspecified atom stereocenters. The Kier molecular flexibility index (Phi) is 11.6. The van der Waals surface area contributed by atoms with Crippen LogP contribution in [-0.4, -0.2) is 77.8 Å². The minimum atomic E-state index is -0.318. The number of fused-ring (bicyclic) bond motifs is 1. The normalized spacial score (nSPS) is 19.5. The molecule has 2 aliphatic rings. The number of hydrogen-bond acceptors (Lipinski definition) is 5. The van der Waals surface area contributed by atoms with Crippen LogP contribution >= 0.6 is 0 Å². The molecule has 0 amide bonds. The Morgan fingerprint density at radius 1 is 1.09 bits per heavy atom. The van der Waals surface area contributed by atoms with E-state index in [9.17, 15) is 9.90 Å². The van der Waals surface area contributed by atoms with Gasteiger partial charge in [0.25, 0.3) is 6.47 Å². The fraction of sp³-hybridized carbons (Fsp3) is 0.679. The average Bonchev–Trinajstić information content (AvgIpc) is 3.26. The van der Waals surface area contributed by atoms with Crippen LogP contribution in [0, 0.1) is 5.92 Å². The molecule has 3 heterocycles. The van der Waals surface area contributed by atoms with Crippen LogP contribution < -0.4 is 0 Å². The van der Waals surface area contributed by atoms with Gasteiger partial charge in [0.15, 0.2) is 0 Å². The standard InChI is InChI=1S/C21H31N3O.C5H10O2.C2H6/c1-23-10-6-17(7-11-23)21(15-25)24-12-8-16(9-13-24)19-14-22-20-5-3-2-4-18(19)20;1-5(2,3)7-4-6;1-2/h2-5,14,16-17,21-22,25H,6-13,15H2,1H3;4H,1-3H3;1-2H3. The number of aliphatic hydroxyl groups excluding tert-OH is 1. The Bertz CT molecular complexity index is 829. The molecule has 1 aromatic heterocycles. The molecule has 6 heteroatoms. The summed E-state index contributed by atoms with van der Waals surface area (Å²) in [6.45, 7) is 14.8. The molecule has 2 aliphatic heterocycles. The summed E-state index contributed by atoms with van der Waals surface area (Å²) in [4.78, 5) is 18.0. The van der Waals surface area contributed by atoms with Gasteiger partial charge in [-0.15, -0.1) is 0 Å². The molecular weight excluding hydrogens is 426 g/mol. The van der Waals surface area contributed by atoms with Gasteiger partial charge >= 0.3 is 0 Å². The molecule has 0 bridgehead atoms. The molecule has 2 saturated heterocycles. The Balaban J connectivity index is 0.000000393. The number of aromatic nitrogens is 1. The third-order valence-corrected chi connectivity index (χ3v) is 6.96. The molecule has 0 saturated carbocycles. The van der Waals surface area contributed by atoms with E-state index in [1.807, 2.05) is 34.6 Å². The maximum absolute atomic E-state index is 10.0. The lowest BCUT2D eigenvalue weighted by Gasteiger charge is -2.42. The second-order valence-electron chi connectivity index (χ2n) is 10.3. The molecule has 2 fully saturated rings. The summed E-state index contributed by atoms with van der Waals surface area (Å²) in [7, 11) is 2.21. The van der Waals surface area contributed by atoms with Crippen LogP contribution in [0.1, 0.15) is 71.8 Å². The van der Waals surface area contributed by atoms with Gasteiger partial charge in [-0.05, 0) is 103 Å². The van der Waals surface area contributed by atoms with Gasteiger partial charge in [-0.2, -0.15) is 0 Å². The lowest BCUT2D eigenvalue weighted by molar-refractivity contribution is -0.138. The van der Waals surface area contributed by atoms with E-state index in [1.54, 1.807) is 0 Å². The van der Waals surface area contributed by atoms with E-state index in [1.165, 1.54) is 55.2 Å². The summed E-state index contributed by atoms with van der Waals surface area (Å²) >= 11 is 0. The number of aliphatic hydroxyl groups is 1.